The van der Waals surface area contributed by atoms with E-state index in [0.717, 1.165) is 29.2 Å². The number of anilines is 1. The van der Waals surface area contributed by atoms with Crippen molar-refractivity contribution in [3.8, 4) is 5.75 Å². The molecule has 1 N–H and O–H groups in total. The summed E-state index contributed by atoms with van der Waals surface area (Å²) in [5.74, 6) is 1.95. The van der Waals surface area contributed by atoms with Crippen molar-refractivity contribution in [3.63, 3.8) is 0 Å². The van der Waals surface area contributed by atoms with Gasteiger partial charge in [0.25, 0.3) is 0 Å². The number of aromatic nitrogens is 3. The summed E-state index contributed by atoms with van der Waals surface area (Å²) in [6.45, 7) is 8.77. The van der Waals surface area contributed by atoms with E-state index in [2.05, 4.69) is 29.2 Å². The van der Waals surface area contributed by atoms with Crippen molar-refractivity contribution in [3.05, 3.63) is 41.1 Å². The number of ether oxygens (including phenoxy) is 2. The van der Waals surface area contributed by atoms with Gasteiger partial charge in [-0.3, -0.25) is 0 Å². The number of benzene rings is 1. The molecule has 0 radical (unpaired) electrons. The van der Waals surface area contributed by atoms with Crippen LogP contribution in [-0.4, -0.2) is 39.7 Å². The number of carbonyl (C=O) groups is 1. The molecule has 7 nitrogen and oxygen atoms in total. The Morgan fingerprint density at radius 2 is 2.00 bits per heavy atom. The molecular formula is C20H26N4O3S. The molecule has 1 aromatic heterocycles. The monoisotopic (exact) mass is 402 g/mol. The number of hydrogen-bond acceptors (Lipinski definition) is 7. The quantitative estimate of drug-likeness (QED) is 0.527. The number of carbonyl (C=O) groups excluding carboxylic acids is 1. The Balaban J connectivity index is 2.03. The second-order valence-electron chi connectivity index (χ2n) is 6.30. The lowest BCUT2D eigenvalue weighted by atomic mass is 9.96. The van der Waals surface area contributed by atoms with Gasteiger partial charge in [-0.15, -0.1) is 5.10 Å². The van der Waals surface area contributed by atoms with Crippen molar-refractivity contribution >= 4 is 23.7 Å². The minimum atomic E-state index is -0.408. The summed E-state index contributed by atoms with van der Waals surface area (Å²) in [6, 6.07) is 7.36. The fourth-order valence-corrected chi connectivity index (χ4v) is 3.62. The van der Waals surface area contributed by atoms with Crippen molar-refractivity contribution in [1.82, 2.24) is 14.8 Å². The van der Waals surface area contributed by atoms with E-state index in [1.54, 1.807) is 23.4 Å². The lowest BCUT2D eigenvalue weighted by Crippen LogP contribution is -2.29. The summed E-state index contributed by atoms with van der Waals surface area (Å²) in [7, 11) is 0. The molecule has 0 spiro atoms. The first-order valence-corrected chi connectivity index (χ1v) is 10.5. The lowest BCUT2D eigenvalue weighted by Gasteiger charge is -2.28. The molecule has 0 saturated heterocycles. The molecule has 2 heterocycles. The van der Waals surface area contributed by atoms with Gasteiger partial charge in [0, 0.05) is 5.70 Å². The van der Waals surface area contributed by atoms with E-state index in [4.69, 9.17) is 9.47 Å². The van der Waals surface area contributed by atoms with Gasteiger partial charge in [0.1, 0.15) is 11.8 Å². The SMILES string of the molecule is CCCOc1ccc(C2C(C(=O)OCC)=C(C)Nc3nc(SCC)nn32)cc1. The molecule has 28 heavy (non-hydrogen) atoms. The molecule has 1 aromatic carbocycles. The molecule has 0 fully saturated rings. The van der Waals surface area contributed by atoms with Gasteiger partial charge in [0.2, 0.25) is 11.1 Å². The number of esters is 1. The smallest absolute Gasteiger partial charge is 0.338 e. The van der Waals surface area contributed by atoms with Crippen LogP contribution in [0.5, 0.6) is 5.75 Å². The normalized spacial score (nSPS) is 15.8. The first kappa shape index (κ1) is 20.3. The predicted molar refractivity (Wildman–Crippen MR) is 110 cm³/mol. The van der Waals surface area contributed by atoms with Crippen LogP contribution in [0.1, 0.15) is 45.7 Å². The van der Waals surface area contributed by atoms with Gasteiger partial charge in [-0.2, -0.15) is 4.98 Å². The molecule has 0 aliphatic carbocycles. The van der Waals surface area contributed by atoms with E-state index in [0.29, 0.717) is 29.9 Å². The zero-order valence-corrected chi connectivity index (χ0v) is 17.5. The van der Waals surface area contributed by atoms with Gasteiger partial charge >= 0.3 is 5.97 Å². The molecule has 1 aliphatic rings. The fraction of sp³-hybridized carbons (Fsp3) is 0.450. The minimum Gasteiger partial charge on any atom is -0.494 e. The number of nitrogens with one attached hydrogen (secondary N) is 1. The van der Waals surface area contributed by atoms with Crippen molar-refractivity contribution < 1.29 is 14.3 Å². The summed E-state index contributed by atoms with van der Waals surface area (Å²) >= 11 is 1.56. The van der Waals surface area contributed by atoms with Crippen molar-refractivity contribution in [2.75, 3.05) is 24.3 Å². The molecule has 8 heteroatoms. The second kappa shape index (κ2) is 9.14. The van der Waals surface area contributed by atoms with Crippen LogP contribution in [0.3, 0.4) is 0 Å². The average Bonchev–Trinajstić information content (AvgIpc) is 3.08. The van der Waals surface area contributed by atoms with Gasteiger partial charge < -0.3 is 14.8 Å². The maximum Gasteiger partial charge on any atom is 0.338 e. The van der Waals surface area contributed by atoms with E-state index in [-0.39, 0.29) is 5.97 Å². The van der Waals surface area contributed by atoms with Gasteiger partial charge in [0.15, 0.2) is 0 Å². The highest BCUT2D eigenvalue weighted by atomic mass is 32.2. The number of fused-ring (bicyclic) bond motifs is 1. The molecule has 2 aromatic rings. The molecule has 3 rings (SSSR count). The summed E-state index contributed by atoms with van der Waals surface area (Å²) in [5, 5.41) is 8.50. The molecule has 1 unspecified atom stereocenters. The van der Waals surface area contributed by atoms with Gasteiger partial charge in [-0.25, -0.2) is 9.48 Å². The average molecular weight is 403 g/mol. The van der Waals surface area contributed by atoms with E-state index in [1.165, 1.54) is 0 Å². The third-order valence-corrected chi connectivity index (χ3v) is 4.99. The van der Waals surface area contributed by atoms with Crippen LogP contribution in [0.15, 0.2) is 40.7 Å². The minimum absolute atomic E-state index is 0.313. The van der Waals surface area contributed by atoms with E-state index in [9.17, 15) is 4.79 Å². The first-order chi connectivity index (χ1) is 13.6. The number of hydrogen-bond donors (Lipinski definition) is 1. The van der Waals surface area contributed by atoms with Crippen LogP contribution in [-0.2, 0) is 9.53 Å². The maximum atomic E-state index is 12.7. The van der Waals surface area contributed by atoms with Crippen LogP contribution < -0.4 is 10.1 Å². The highest BCUT2D eigenvalue weighted by Gasteiger charge is 2.35. The Morgan fingerprint density at radius 3 is 2.64 bits per heavy atom. The number of nitrogens with zero attached hydrogens (tertiary/aromatic N) is 3. The molecule has 0 saturated carbocycles. The lowest BCUT2D eigenvalue weighted by molar-refractivity contribution is -0.139. The van der Waals surface area contributed by atoms with Crippen LogP contribution in [0, 0.1) is 0 Å². The number of allylic oxidation sites excluding steroid dienone is 1. The van der Waals surface area contributed by atoms with Crippen LogP contribution in [0.25, 0.3) is 0 Å². The van der Waals surface area contributed by atoms with Crippen molar-refractivity contribution in [1.29, 1.82) is 0 Å². The zero-order chi connectivity index (χ0) is 20.1. The predicted octanol–water partition coefficient (Wildman–Crippen LogP) is 4.03. The molecule has 0 bridgehead atoms. The Hall–Kier alpha value is -2.48. The summed E-state index contributed by atoms with van der Waals surface area (Å²) in [4.78, 5) is 17.3. The van der Waals surface area contributed by atoms with E-state index < -0.39 is 6.04 Å². The Kier molecular flexibility index (Phi) is 6.61. The maximum absolute atomic E-state index is 12.7. The van der Waals surface area contributed by atoms with Crippen molar-refractivity contribution in [2.45, 2.75) is 45.3 Å². The van der Waals surface area contributed by atoms with Crippen molar-refractivity contribution in [2.24, 2.45) is 0 Å². The van der Waals surface area contributed by atoms with Crippen LogP contribution in [0.2, 0.25) is 0 Å². The van der Waals surface area contributed by atoms with Gasteiger partial charge in [0.05, 0.1) is 18.8 Å². The Bertz CT molecular complexity index is 861. The third-order valence-electron chi connectivity index (χ3n) is 4.27. The van der Waals surface area contributed by atoms with Crippen LogP contribution in [0.4, 0.5) is 5.95 Å². The largest absolute Gasteiger partial charge is 0.494 e. The fourth-order valence-electron chi connectivity index (χ4n) is 3.07. The Labute approximate surface area is 169 Å². The summed E-state index contributed by atoms with van der Waals surface area (Å²) in [5.41, 5.74) is 2.18. The molecule has 1 atom stereocenters. The number of thioether (sulfide) groups is 1. The summed E-state index contributed by atoms with van der Waals surface area (Å²) < 4.78 is 12.8. The van der Waals surface area contributed by atoms with Crippen LogP contribution >= 0.6 is 11.8 Å². The highest BCUT2D eigenvalue weighted by Crippen LogP contribution is 2.37. The van der Waals surface area contributed by atoms with Gasteiger partial charge in [-0.1, -0.05) is 37.7 Å². The van der Waals surface area contributed by atoms with E-state index >= 15 is 0 Å². The molecular weight excluding hydrogens is 376 g/mol. The van der Waals surface area contributed by atoms with E-state index in [1.807, 2.05) is 31.2 Å². The summed E-state index contributed by atoms with van der Waals surface area (Å²) in [6.07, 6.45) is 0.950. The molecule has 1 aliphatic heterocycles. The molecule has 150 valence electrons. The Morgan fingerprint density at radius 1 is 1.25 bits per heavy atom. The third kappa shape index (κ3) is 4.16. The highest BCUT2D eigenvalue weighted by molar-refractivity contribution is 7.99. The first-order valence-electron chi connectivity index (χ1n) is 9.56. The number of rotatable bonds is 8. The second-order valence-corrected chi connectivity index (χ2v) is 7.53. The molecule has 0 amide bonds. The topological polar surface area (TPSA) is 78.3 Å². The zero-order valence-electron chi connectivity index (χ0n) is 16.7. The standard InChI is InChI=1S/C20H26N4O3S/c1-5-12-27-15-10-8-14(9-11-15)17-16(18(25)26-6-2)13(4)21-19-22-20(28-7-3)23-24(17)19/h8-11,17H,5-7,12H2,1-4H3,(H,21,22,23). The van der Waals surface area contributed by atoms with Gasteiger partial charge in [-0.05, 0) is 43.7 Å².